The molecule has 2 atom stereocenters. The molecule has 0 radical (unpaired) electrons. The number of halogens is 1. The van der Waals surface area contributed by atoms with Crippen molar-refractivity contribution in [2.75, 3.05) is 26.8 Å². The molecule has 1 aromatic carbocycles. The maximum atomic E-state index is 13.0. The van der Waals surface area contributed by atoms with Crippen LogP contribution in [0.2, 0.25) is 5.02 Å². The number of likely N-dealkylation sites (tertiary alicyclic amines) is 1. The summed E-state index contributed by atoms with van der Waals surface area (Å²) in [6, 6.07) is 4.73. The molecule has 4 rings (SSSR count). The highest BCUT2D eigenvalue weighted by Crippen LogP contribution is 2.46. The summed E-state index contributed by atoms with van der Waals surface area (Å²) in [5, 5.41) is 0.512. The monoisotopic (exact) mass is 336 g/mol. The topological polar surface area (TPSA) is 59.1 Å². The van der Waals surface area contributed by atoms with Crippen LogP contribution in [0.5, 0.6) is 5.75 Å². The average molecular weight is 337 g/mol. The van der Waals surface area contributed by atoms with E-state index in [2.05, 4.69) is 0 Å². The standard InChI is InChI=1S/C16H17ClN2O4/c1-22-12-8-10(17)2-3-11(12)15(21)18-5-4-16-13(18)9-14(20)19(16)6-7-23-16/h2-3,8,13H,4-7,9H2,1H3/t13-,16+/m1/s1. The summed E-state index contributed by atoms with van der Waals surface area (Å²) in [7, 11) is 1.51. The number of nitrogens with zero attached hydrogens (tertiary/aromatic N) is 2. The number of rotatable bonds is 2. The minimum Gasteiger partial charge on any atom is -0.496 e. The molecule has 3 aliphatic heterocycles. The molecule has 0 bridgehead atoms. The summed E-state index contributed by atoms with van der Waals surface area (Å²) in [5.74, 6) is 0.357. The predicted octanol–water partition coefficient (Wildman–Crippen LogP) is 1.52. The van der Waals surface area contributed by atoms with Crippen molar-refractivity contribution in [3.05, 3.63) is 28.8 Å². The quantitative estimate of drug-likeness (QED) is 0.821. The van der Waals surface area contributed by atoms with Crippen molar-refractivity contribution >= 4 is 23.4 Å². The van der Waals surface area contributed by atoms with Gasteiger partial charge in [-0.1, -0.05) is 11.6 Å². The number of ether oxygens (including phenoxy) is 2. The summed E-state index contributed by atoms with van der Waals surface area (Å²) in [4.78, 5) is 28.7. The molecular weight excluding hydrogens is 320 g/mol. The van der Waals surface area contributed by atoms with E-state index < -0.39 is 5.72 Å². The zero-order valence-corrected chi connectivity index (χ0v) is 13.5. The molecule has 0 saturated carbocycles. The van der Waals surface area contributed by atoms with Gasteiger partial charge in [0, 0.05) is 24.5 Å². The Hall–Kier alpha value is -1.79. The Balaban J connectivity index is 1.67. The fraction of sp³-hybridized carbons (Fsp3) is 0.500. The zero-order valence-electron chi connectivity index (χ0n) is 12.8. The van der Waals surface area contributed by atoms with Crippen molar-refractivity contribution in [2.45, 2.75) is 24.6 Å². The molecule has 1 spiro atoms. The van der Waals surface area contributed by atoms with E-state index in [9.17, 15) is 9.59 Å². The predicted molar refractivity (Wildman–Crippen MR) is 82.5 cm³/mol. The van der Waals surface area contributed by atoms with Gasteiger partial charge >= 0.3 is 0 Å². The number of amides is 2. The highest BCUT2D eigenvalue weighted by atomic mass is 35.5. The Kier molecular flexibility index (Phi) is 3.28. The van der Waals surface area contributed by atoms with E-state index in [1.54, 1.807) is 28.0 Å². The molecule has 2 amide bonds. The minimum atomic E-state index is -0.619. The average Bonchev–Trinajstić information content (AvgIpc) is 3.18. The first-order chi connectivity index (χ1) is 11.1. The third-order valence-electron chi connectivity index (χ3n) is 5.06. The van der Waals surface area contributed by atoms with E-state index in [1.807, 2.05) is 0 Å². The third kappa shape index (κ3) is 1.98. The lowest BCUT2D eigenvalue weighted by atomic mass is 10.1. The Bertz CT molecular complexity index is 695. The SMILES string of the molecule is COc1cc(Cl)ccc1C(=O)N1CC[C@@]23OCCN2C(=O)C[C@@H]13. The van der Waals surface area contributed by atoms with Crippen LogP contribution >= 0.6 is 11.6 Å². The van der Waals surface area contributed by atoms with Gasteiger partial charge in [-0.25, -0.2) is 0 Å². The van der Waals surface area contributed by atoms with Gasteiger partial charge in [0.15, 0.2) is 5.72 Å². The van der Waals surface area contributed by atoms with Crippen molar-refractivity contribution in [1.82, 2.24) is 9.80 Å². The van der Waals surface area contributed by atoms with Crippen LogP contribution in [0.25, 0.3) is 0 Å². The summed E-state index contributed by atoms with van der Waals surface area (Å²) in [5.41, 5.74) is -0.162. The fourth-order valence-corrected chi connectivity index (χ4v) is 4.19. The first-order valence-corrected chi connectivity index (χ1v) is 8.03. The van der Waals surface area contributed by atoms with Crippen molar-refractivity contribution in [2.24, 2.45) is 0 Å². The number of hydrogen-bond acceptors (Lipinski definition) is 4. The van der Waals surface area contributed by atoms with Crippen LogP contribution in [-0.2, 0) is 9.53 Å². The van der Waals surface area contributed by atoms with Crippen LogP contribution in [0.3, 0.4) is 0 Å². The van der Waals surface area contributed by atoms with Gasteiger partial charge in [0.25, 0.3) is 5.91 Å². The van der Waals surface area contributed by atoms with Crippen LogP contribution in [0.15, 0.2) is 18.2 Å². The molecule has 0 N–H and O–H groups in total. The fourth-order valence-electron chi connectivity index (χ4n) is 4.03. The molecule has 0 aromatic heterocycles. The van der Waals surface area contributed by atoms with Crippen molar-refractivity contribution < 1.29 is 19.1 Å². The van der Waals surface area contributed by atoms with Crippen LogP contribution < -0.4 is 4.74 Å². The van der Waals surface area contributed by atoms with Crippen molar-refractivity contribution in [3.63, 3.8) is 0 Å². The second-order valence-electron chi connectivity index (χ2n) is 6.05. The maximum absolute atomic E-state index is 13.0. The van der Waals surface area contributed by atoms with E-state index in [1.165, 1.54) is 7.11 Å². The molecule has 3 saturated heterocycles. The van der Waals surface area contributed by atoms with E-state index >= 15 is 0 Å². The van der Waals surface area contributed by atoms with Crippen LogP contribution in [-0.4, -0.2) is 60.2 Å². The van der Waals surface area contributed by atoms with Gasteiger partial charge < -0.3 is 19.3 Å². The van der Waals surface area contributed by atoms with Gasteiger partial charge in [0.1, 0.15) is 5.75 Å². The molecule has 3 aliphatic rings. The highest BCUT2D eigenvalue weighted by molar-refractivity contribution is 6.30. The first kappa shape index (κ1) is 14.8. The molecule has 6 nitrogen and oxygen atoms in total. The van der Waals surface area contributed by atoms with Crippen molar-refractivity contribution in [1.29, 1.82) is 0 Å². The van der Waals surface area contributed by atoms with E-state index in [-0.39, 0.29) is 17.9 Å². The summed E-state index contributed by atoms with van der Waals surface area (Å²) in [6.45, 7) is 1.72. The van der Waals surface area contributed by atoms with Gasteiger partial charge in [-0.05, 0) is 18.2 Å². The van der Waals surface area contributed by atoms with Crippen molar-refractivity contribution in [3.8, 4) is 5.75 Å². The number of carbonyl (C=O) groups excluding carboxylic acids is 2. The van der Waals surface area contributed by atoms with Gasteiger partial charge in [-0.3, -0.25) is 9.59 Å². The largest absolute Gasteiger partial charge is 0.496 e. The van der Waals surface area contributed by atoms with Gasteiger partial charge in [-0.2, -0.15) is 0 Å². The third-order valence-corrected chi connectivity index (χ3v) is 5.29. The Morgan fingerprint density at radius 1 is 1.43 bits per heavy atom. The smallest absolute Gasteiger partial charge is 0.258 e. The van der Waals surface area contributed by atoms with E-state index in [0.29, 0.717) is 48.9 Å². The molecule has 1 aromatic rings. The second-order valence-corrected chi connectivity index (χ2v) is 6.49. The van der Waals surface area contributed by atoms with Crippen LogP contribution in [0.1, 0.15) is 23.2 Å². The Morgan fingerprint density at radius 3 is 3.04 bits per heavy atom. The number of benzene rings is 1. The molecule has 0 aliphatic carbocycles. The van der Waals surface area contributed by atoms with Gasteiger partial charge in [0.2, 0.25) is 5.91 Å². The number of carbonyl (C=O) groups is 2. The summed E-state index contributed by atoms with van der Waals surface area (Å²) < 4.78 is 11.2. The van der Waals surface area contributed by atoms with E-state index in [0.717, 1.165) is 0 Å². The van der Waals surface area contributed by atoms with E-state index in [4.69, 9.17) is 21.1 Å². The lowest BCUT2D eigenvalue weighted by Crippen LogP contribution is -2.48. The highest BCUT2D eigenvalue weighted by Gasteiger charge is 2.63. The maximum Gasteiger partial charge on any atom is 0.258 e. The lowest BCUT2D eigenvalue weighted by molar-refractivity contribution is -0.136. The molecule has 0 unspecified atom stereocenters. The molecule has 3 heterocycles. The van der Waals surface area contributed by atoms with Gasteiger partial charge in [0.05, 0.1) is 31.7 Å². The van der Waals surface area contributed by atoms with Crippen LogP contribution in [0, 0.1) is 0 Å². The lowest BCUT2D eigenvalue weighted by Gasteiger charge is -2.31. The summed E-state index contributed by atoms with van der Waals surface area (Å²) in [6.07, 6.45) is 0.979. The normalized spacial score (nSPS) is 29.0. The molecular formula is C16H17ClN2O4. The first-order valence-electron chi connectivity index (χ1n) is 7.66. The summed E-state index contributed by atoms with van der Waals surface area (Å²) >= 11 is 5.96. The Labute approximate surface area is 138 Å². The molecule has 23 heavy (non-hydrogen) atoms. The molecule has 3 fully saturated rings. The molecule has 122 valence electrons. The Morgan fingerprint density at radius 2 is 2.26 bits per heavy atom. The second kappa shape index (κ2) is 5.11. The van der Waals surface area contributed by atoms with Gasteiger partial charge in [-0.15, -0.1) is 0 Å². The zero-order chi connectivity index (χ0) is 16.2. The molecule has 7 heteroatoms. The van der Waals surface area contributed by atoms with Crippen LogP contribution in [0.4, 0.5) is 0 Å². The minimum absolute atomic E-state index is 0.0630. The number of methoxy groups -OCH3 is 1. The number of hydrogen-bond donors (Lipinski definition) is 0.